The summed E-state index contributed by atoms with van der Waals surface area (Å²) < 4.78 is 0. The standard InChI is InChI=1S/C11H18N2OS2/c1-2-16-10-3-4-11(10,14)7-12-5-9-6-15-8-13-9/h6,8,10,12,14H,2-5,7H2,1H3. The van der Waals surface area contributed by atoms with Crippen molar-refractivity contribution in [2.24, 2.45) is 0 Å². The summed E-state index contributed by atoms with van der Waals surface area (Å²) in [5.41, 5.74) is 2.41. The third-order valence-electron chi connectivity index (χ3n) is 3.03. The number of nitrogens with zero attached hydrogens (tertiary/aromatic N) is 1. The molecule has 0 saturated heterocycles. The Morgan fingerprint density at radius 2 is 2.62 bits per heavy atom. The van der Waals surface area contributed by atoms with Crippen LogP contribution in [0.25, 0.3) is 0 Å². The average molecular weight is 258 g/mol. The summed E-state index contributed by atoms with van der Waals surface area (Å²) in [5, 5.41) is 16.1. The second kappa shape index (κ2) is 5.49. The highest BCUT2D eigenvalue weighted by molar-refractivity contribution is 8.00. The lowest BCUT2D eigenvalue weighted by Gasteiger charge is -2.45. The molecule has 1 aromatic rings. The van der Waals surface area contributed by atoms with Crippen LogP contribution in [0.2, 0.25) is 0 Å². The van der Waals surface area contributed by atoms with Crippen molar-refractivity contribution in [3.63, 3.8) is 0 Å². The van der Waals surface area contributed by atoms with Crippen LogP contribution in [0.15, 0.2) is 10.9 Å². The molecule has 0 aromatic carbocycles. The maximum atomic E-state index is 10.3. The van der Waals surface area contributed by atoms with E-state index in [0.29, 0.717) is 11.8 Å². The van der Waals surface area contributed by atoms with E-state index < -0.39 is 5.60 Å². The fraction of sp³-hybridized carbons (Fsp3) is 0.727. The van der Waals surface area contributed by atoms with Gasteiger partial charge < -0.3 is 10.4 Å². The molecule has 1 heterocycles. The largest absolute Gasteiger partial charge is 0.387 e. The van der Waals surface area contributed by atoms with E-state index in [1.54, 1.807) is 11.3 Å². The van der Waals surface area contributed by atoms with E-state index in [-0.39, 0.29) is 0 Å². The number of thioether (sulfide) groups is 1. The normalized spacial score (nSPS) is 29.0. The van der Waals surface area contributed by atoms with Crippen LogP contribution in [0.1, 0.15) is 25.5 Å². The van der Waals surface area contributed by atoms with Crippen LogP contribution >= 0.6 is 23.1 Å². The fourth-order valence-corrected chi connectivity index (χ4v) is 3.73. The lowest BCUT2D eigenvalue weighted by Crippen LogP contribution is -2.56. The molecule has 2 atom stereocenters. The van der Waals surface area contributed by atoms with E-state index in [0.717, 1.165) is 30.8 Å². The van der Waals surface area contributed by atoms with Gasteiger partial charge in [0, 0.05) is 23.7 Å². The summed E-state index contributed by atoms with van der Waals surface area (Å²) in [7, 11) is 0. The van der Waals surface area contributed by atoms with Crippen LogP contribution in [-0.2, 0) is 6.54 Å². The first-order valence-electron chi connectivity index (χ1n) is 5.66. The molecule has 2 N–H and O–H groups in total. The van der Waals surface area contributed by atoms with Crippen molar-refractivity contribution >= 4 is 23.1 Å². The molecule has 1 aliphatic carbocycles. The van der Waals surface area contributed by atoms with Gasteiger partial charge in [0.1, 0.15) is 0 Å². The van der Waals surface area contributed by atoms with E-state index >= 15 is 0 Å². The quantitative estimate of drug-likeness (QED) is 0.818. The van der Waals surface area contributed by atoms with Crippen molar-refractivity contribution in [3.05, 3.63) is 16.6 Å². The maximum absolute atomic E-state index is 10.3. The third kappa shape index (κ3) is 2.77. The Kier molecular flexibility index (Phi) is 4.24. The van der Waals surface area contributed by atoms with Gasteiger partial charge in [0.2, 0.25) is 0 Å². The molecule has 3 nitrogen and oxygen atoms in total. The lowest BCUT2D eigenvalue weighted by atomic mass is 9.79. The molecule has 1 fully saturated rings. The Labute approximate surface area is 105 Å². The highest BCUT2D eigenvalue weighted by Gasteiger charge is 2.44. The first-order chi connectivity index (χ1) is 7.74. The van der Waals surface area contributed by atoms with Gasteiger partial charge in [-0.1, -0.05) is 6.92 Å². The fourth-order valence-electron chi connectivity index (χ4n) is 1.97. The molecule has 1 aliphatic rings. The predicted molar refractivity (Wildman–Crippen MR) is 69.9 cm³/mol. The van der Waals surface area contributed by atoms with Gasteiger partial charge in [0.05, 0.1) is 16.8 Å². The molecule has 2 rings (SSSR count). The predicted octanol–water partition coefficient (Wildman–Crippen LogP) is 1.88. The van der Waals surface area contributed by atoms with E-state index in [9.17, 15) is 5.11 Å². The molecule has 0 radical (unpaired) electrons. The van der Waals surface area contributed by atoms with E-state index in [1.807, 2.05) is 22.7 Å². The highest BCUT2D eigenvalue weighted by atomic mass is 32.2. The number of aromatic nitrogens is 1. The summed E-state index contributed by atoms with van der Waals surface area (Å²) in [6.45, 7) is 3.59. The summed E-state index contributed by atoms with van der Waals surface area (Å²) in [6.07, 6.45) is 2.07. The van der Waals surface area contributed by atoms with Gasteiger partial charge in [-0.2, -0.15) is 11.8 Å². The van der Waals surface area contributed by atoms with Crippen LogP contribution in [0.3, 0.4) is 0 Å². The van der Waals surface area contributed by atoms with Gasteiger partial charge in [-0.3, -0.25) is 0 Å². The SMILES string of the molecule is CCSC1CCC1(O)CNCc1cscn1. The molecule has 0 aliphatic heterocycles. The molecule has 0 spiro atoms. The molecular formula is C11H18N2OS2. The van der Waals surface area contributed by atoms with Crippen molar-refractivity contribution < 1.29 is 5.11 Å². The summed E-state index contributed by atoms with van der Waals surface area (Å²) >= 11 is 3.48. The molecule has 0 amide bonds. The van der Waals surface area contributed by atoms with Gasteiger partial charge in [-0.05, 0) is 18.6 Å². The smallest absolute Gasteiger partial charge is 0.0889 e. The number of hydrogen-bond acceptors (Lipinski definition) is 5. The number of thiazole rings is 1. The minimum atomic E-state index is -0.489. The molecule has 16 heavy (non-hydrogen) atoms. The average Bonchev–Trinajstić information content (AvgIpc) is 2.77. The maximum Gasteiger partial charge on any atom is 0.0889 e. The van der Waals surface area contributed by atoms with Crippen LogP contribution in [0.4, 0.5) is 0 Å². The van der Waals surface area contributed by atoms with Gasteiger partial charge in [-0.15, -0.1) is 11.3 Å². The molecule has 0 bridgehead atoms. The van der Waals surface area contributed by atoms with Crippen molar-refractivity contribution in [2.45, 2.75) is 37.2 Å². The van der Waals surface area contributed by atoms with Crippen LogP contribution in [-0.4, -0.2) is 33.2 Å². The van der Waals surface area contributed by atoms with E-state index in [2.05, 4.69) is 17.2 Å². The summed E-state index contributed by atoms with van der Waals surface area (Å²) in [5.74, 6) is 1.08. The first kappa shape index (κ1) is 12.4. The minimum Gasteiger partial charge on any atom is -0.387 e. The van der Waals surface area contributed by atoms with Crippen molar-refractivity contribution in [3.8, 4) is 0 Å². The van der Waals surface area contributed by atoms with Gasteiger partial charge >= 0.3 is 0 Å². The Morgan fingerprint density at radius 3 is 3.19 bits per heavy atom. The van der Waals surface area contributed by atoms with Crippen molar-refractivity contribution in [1.29, 1.82) is 0 Å². The molecule has 1 aromatic heterocycles. The Bertz CT molecular complexity index is 318. The molecule has 2 unspecified atom stereocenters. The number of aliphatic hydroxyl groups is 1. The number of rotatable bonds is 6. The lowest BCUT2D eigenvalue weighted by molar-refractivity contribution is -0.0235. The third-order valence-corrected chi connectivity index (χ3v) is 5.07. The zero-order valence-corrected chi connectivity index (χ0v) is 11.1. The zero-order chi connectivity index (χ0) is 11.4. The molecule has 5 heteroatoms. The Balaban J connectivity index is 1.73. The van der Waals surface area contributed by atoms with Gasteiger partial charge in [0.15, 0.2) is 0 Å². The second-order valence-electron chi connectivity index (χ2n) is 4.17. The molecule has 90 valence electrons. The number of hydrogen-bond donors (Lipinski definition) is 2. The van der Waals surface area contributed by atoms with Gasteiger partial charge in [0.25, 0.3) is 0 Å². The molecular weight excluding hydrogens is 240 g/mol. The summed E-state index contributed by atoms with van der Waals surface area (Å²) in [4.78, 5) is 4.20. The topological polar surface area (TPSA) is 45.1 Å². The van der Waals surface area contributed by atoms with Crippen molar-refractivity contribution in [2.75, 3.05) is 12.3 Å². The zero-order valence-electron chi connectivity index (χ0n) is 9.48. The Hall–Kier alpha value is -0.100. The second-order valence-corrected chi connectivity index (χ2v) is 6.37. The van der Waals surface area contributed by atoms with Crippen LogP contribution in [0, 0.1) is 0 Å². The van der Waals surface area contributed by atoms with E-state index in [1.165, 1.54) is 0 Å². The summed E-state index contributed by atoms with van der Waals surface area (Å²) in [6, 6.07) is 0. The monoisotopic (exact) mass is 258 g/mol. The van der Waals surface area contributed by atoms with Crippen molar-refractivity contribution in [1.82, 2.24) is 10.3 Å². The minimum absolute atomic E-state index is 0.417. The highest BCUT2D eigenvalue weighted by Crippen LogP contribution is 2.40. The van der Waals surface area contributed by atoms with Crippen LogP contribution < -0.4 is 5.32 Å². The number of nitrogens with one attached hydrogen (secondary N) is 1. The van der Waals surface area contributed by atoms with Crippen LogP contribution in [0.5, 0.6) is 0 Å². The Morgan fingerprint density at radius 1 is 1.75 bits per heavy atom. The van der Waals surface area contributed by atoms with Gasteiger partial charge in [-0.25, -0.2) is 4.98 Å². The van der Waals surface area contributed by atoms with E-state index in [4.69, 9.17) is 0 Å². The first-order valence-corrected chi connectivity index (χ1v) is 7.65. The molecule has 1 saturated carbocycles.